The first-order valence-electron chi connectivity index (χ1n) is 8.00. The molecule has 0 N–H and O–H groups in total. The summed E-state index contributed by atoms with van der Waals surface area (Å²) < 4.78 is 5.74. The molecule has 2 spiro atoms. The zero-order valence-electron chi connectivity index (χ0n) is 10.2. The van der Waals surface area contributed by atoms with Crippen LogP contribution in [0.15, 0.2) is 0 Å². The van der Waals surface area contributed by atoms with Gasteiger partial charge in [0, 0.05) is 5.41 Å². The van der Waals surface area contributed by atoms with Gasteiger partial charge in [0.25, 0.3) is 0 Å². The molecule has 0 aromatic heterocycles. The second-order valence-corrected chi connectivity index (χ2v) is 8.86. The summed E-state index contributed by atoms with van der Waals surface area (Å²) in [6.45, 7) is 0.837. The molecule has 8 saturated carbocycles. The van der Waals surface area contributed by atoms with Gasteiger partial charge in [0.15, 0.2) is 0 Å². The van der Waals surface area contributed by atoms with Crippen LogP contribution in [0.3, 0.4) is 0 Å². The number of carbonyl (C=O) groups is 1. The van der Waals surface area contributed by atoms with Crippen LogP contribution in [-0.2, 0) is 9.53 Å². The van der Waals surface area contributed by atoms with Crippen LogP contribution in [0.5, 0.6) is 0 Å². The monoisotopic (exact) mass is 240 g/mol. The molecule has 1 heterocycles. The topological polar surface area (TPSA) is 26.3 Å². The number of hydrogen-bond donors (Lipinski definition) is 0. The van der Waals surface area contributed by atoms with Crippen molar-refractivity contribution in [3.05, 3.63) is 0 Å². The molecule has 1 aliphatic heterocycles. The van der Waals surface area contributed by atoms with Gasteiger partial charge >= 0.3 is 5.97 Å². The highest BCUT2D eigenvalue weighted by Gasteiger charge is 3.01. The number of esters is 1. The van der Waals surface area contributed by atoms with Gasteiger partial charge in [-0.05, 0) is 72.0 Å². The number of cyclic esters (lactones) is 1. The molecule has 4 bridgehead atoms. The number of rotatable bonds is 0. The molecule has 0 aromatic carbocycles. The molecule has 1 saturated heterocycles. The molecule has 0 radical (unpaired) electrons. The van der Waals surface area contributed by atoms with Crippen LogP contribution in [0.1, 0.15) is 12.8 Å². The van der Waals surface area contributed by atoms with E-state index < -0.39 is 0 Å². The van der Waals surface area contributed by atoms with Crippen molar-refractivity contribution < 1.29 is 9.53 Å². The summed E-state index contributed by atoms with van der Waals surface area (Å²) in [7, 11) is 0. The van der Waals surface area contributed by atoms with E-state index in [0.29, 0.717) is 5.41 Å². The zero-order chi connectivity index (χ0) is 11.2. The molecule has 2 heteroatoms. The predicted molar refractivity (Wildman–Crippen MR) is 60.0 cm³/mol. The Morgan fingerprint density at radius 3 is 2.72 bits per heavy atom. The van der Waals surface area contributed by atoms with E-state index in [1.54, 1.807) is 0 Å². The van der Waals surface area contributed by atoms with Crippen molar-refractivity contribution in [2.75, 3.05) is 6.61 Å². The first-order chi connectivity index (χ1) is 8.83. The van der Waals surface area contributed by atoms with E-state index in [1.165, 1.54) is 12.8 Å². The summed E-state index contributed by atoms with van der Waals surface area (Å²) in [6.07, 6.45) is 2.93. The number of ether oxygens (including phenoxy) is 1. The molecule has 9 rings (SSSR count). The lowest BCUT2D eigenvalue weighted by Gasteiger charge is -2.39. The van der Waals surface area contributed by atoms with Crippen molar-refractivity contribution in [2.24, 2.45) is 70.0 Å². The molecule has 18 heavy (non-hydrogen) atoms. The minimum Gasteiger partial charge on any atom is -0.465 e. The van der Waals surface area contributed by atoms with Gasteiger partial charge in [-0.3, -0.25) is 4.79 Å². The van der Waals surface area contributed by atoms with Gasteiger partial charge in [0.1, 0.15) is 0 Å². The van der Waals surface area contributed by atoms with Crippen LogP contribution < -0.4 is 0 Å². The summed E-state index contributed by atoms with van der Waals surface area (Å²) in [5, 5.41) is 0. The van der Waals surface area contributed by atoms with Crippen LogP contribution in [-0.4, -0.2) is 12.6 Å². The predicted octanol–water partition coefficient (Wildman–Crippen LogP) is 1.55. The minimum atomic E-state index is 0.0822. The molecule has 9 aliphatic rings. The van der Waals surface area contributed by atoms with Crippen molar-refractivity contribution in [3.8, 4) is 0 Å². The fraction of sp³-hybridized carbons (Fsp3) is 0.938. The summed E-state index contributed by atoms with van der Waals surface area (Å²) in [5.74, 6) is 9.78. The van der Waals surface area contributed by atoms with Crippen LogP contribution in [0.2, 0.25) is 0 Å². The lowest BCUT2D eigenvalue weighted by atomic mass is 9.59. The van der Waals surface area contributed by atoms with Gasteiger partial charge in [-0.2, -0.15) is 0 Å². The van der Waals surface area contributed by atoms with E-state index in [1.807, 2.05) is 0 Å². The Hall–Kier alpha value is -0.530. The van der Waals surface area contributed by atoms with Crippen molar-refractivity contribution in [1.29, 1.82) is 0 Å². The number of hydrogen-bond acceptors (Lipinski definition) is 2. The van der Waals surface area contributed by atoms with Crippen molar-refractivity contribution in [3.63, 3.8) is 0 Å². The summed E-state index contributed by atoms with van der Waals surface area (Å²) >= 11 is 0. The molecule has 8 aliphatic carbocycles. The first-order valence-corrected chi connectivity index (χ1v) is 8.00. The molecule has 10 unspecified atom stereocenters. The minimum absolute atomic E-state index is 0.0822. The molecular weight excluding hydrogens is 224 g/mol. The van der Waals surface area contributed by atoms with Gasteiger partial charge in [-0.1, -0.05) is 0 Å². The first kappa shape index (κ1) is 7.91. The Morgan fingerprint density at radius 1 is 0.944 bits per heavy atom. The maximum absolute atomic E-state index is 12.8. The van der Waals surface area contributed by atoms with E-state index in [0.717, 1.165) is 65.8 Å². The van der Waals surface area contributed by atoms with E-state index in [4.69, 9.17) is 4.74 Å². The molecule has 2 nitrogen and oxygen atoms in total. The zero-order valence-corrected chi connectivity index (χ0v) is 10.2. The SMILES string of the molecule is O=C1OCC23C4C5CC6C4C4C7C6C5C12[C@H]7C[C@H]43. The maximum Gasteiger partial charge on any atom is 0.313 e. The largest absolute Gasteiger partial charge is 0.465 e. The third kappa shape index (κ3) is 0.348. The molecule has 0 amide bonds. The average molecular weight is 240 g/mol. The molecular formula is C16H16O2. The van der Waals surface area contributed by atoms with Crippen molar-refractivity contribution in [1.82, 2.24) is 0 Å². The second-order valence-electron chi connectivity index (χ2n) is 8.86. The smallest absolute Gasteiger partial charge is 0.313 e. The van der Waals surface area contributed by atoms with Gasteiger partial charge < -0.3 is 4.74 Å². The standard InChI is InChI=1S/C16H16O2/c17-14-16-7-2-6-10-8-4-1-5(13(16)9(4)11(7)10)12(8)15(6,16)3-18-14/h4-13H,1-3H2/t4?,5?,6-,7+,8?,9?,10?,11?,12?,13?,15?,16?/m1/s1. The van der Waals surface area contributed by atoms with E-state index >= 15 is 0 Å². The van der Waals surface area contributed by atoms with Gasteiger partial charge in [-0.25, -0.2) is 0 Å². The van der Waals surface area contributed by atoms with Crippen LogP contribution in [0.4, 0.5) is 0 Å². The van der Waals surface area contributed by atoms with Crippen LogP contribution >= 0.6 is 0 Å². The molecule has 0 aromatic rings. The highest BCUT2D eigenvalue weighted by atomic mass is 16.5. The van der Waals surface area contributed by atoms with E-state index in [-0.39, 0.29) is 11.4 Å². The van der Waals surface area contributed by atoms with E-state index in [9.17, 15) is 4.79 Å². The fourth-order valence-electron chi connectivity index (χ4n) is 11.0. The summed E-state index contributed by atoms with van der Waals surface area (Å²) in [5.41, 5.74) is 0.467. The lowest BCUT2D eigenvalue weighted by molar-refractivity contribution is -0.151. The normalized spacial score (nSPS) is 88.3. The Bertz CT molecular complexity index is 598. The third-order valence-electron chi connectivity index (χ3n) is 9.97. The van der Waals surface area contributed by atoms with Gasteiger partial charge in [0.2, 0.25) is 0 Å². The number of carbonyl (C=O) groups excluding carboxylic acids is 1. The Labute approximate surface area is 105 Å². The molecule has 12 atom stereocenters. The molecule has 9 fully saturated rings. The Balaban J connectivity index is 1.68. The Kier molecular flexibility index (Phi) is 0.738. The van der Waals surface area contributed by atoms with Crippen LogP contribution in [0.25, 0.3) is 0 Å². The van der Waals surface area contributed by atoms with Gasteiger partial charge in [-0.15, -0.1) is 0 Å². The highest BCUT2D eigenvalue weighted by molar-refractivity contribution is 5.85. The average Bonchev–Trinajstić information content (AvgIpc) is 3.04. The lowest BCUT2D eigenvalue weighted by Crippen LogP contribution is -2.45. The highest BCUT2D eigenvalue weighted by Crippen LogP contribution is 3.00. The van der Waals surface area contributed by atoms with Crippen LogP contribution in [0, 0.1) is 70.0 Å². The maximum atomic E-state index is 12.8. The molecule has 92 valence electrons. The van der Waals surface area contributed by atoms with Gasteiger partial charge in [0.05, 0.1) is 12.0 Å². The Morgan fingerprint density at radius 2 is 1.78 bits per heavy atom. The van der Waals surface area contributed by atoms with E-state index in [2.05, 4.69) is 0 Å². The summed E-state index contributed by atoms with van der Waals surface area (Å²) in [4.78, 5) is 12.8. The second kappa shape index (κ2) is 1.68. The fourth-order valence-corrected chi connectivity index (χ4v) is 11.0. The van der Waals surface area contributed by atoms with Crippen molar-refractivity contribution in [2.45, 2.75) is 12.8 Å². The third-order valence-corrected chi connectivity index (χ3v) is 9.97. The van der Waals surface area contributed by atoms with Crippen molar-refractivity contribution >= 4 is 5.97 Å². The summed E-state index contributed by atoms with van der Waals surface area (Å²) in [6, 6.07) is 0. The quantitative estimate of drug-likeness (QED) is 0.601.